The van der Waals surface area contributed by atoms with Crippen molar-refractivity contribution in [2.45, 2.75) is 38.0 Å². The zero-order valence-electron chi connectivity index (χ0n) is 15.4. The third-order valence-corrected chi connectivity index (χ3v) is 5.00. The predicted molar refractivity (Wildman–Crippen MR) is 96.0 cm³/mol. The van der Waals surface area contributed by atoms with E-state index < -0.39 is 5.60 Å². The number of benzene rings is 1. The first-order chi connectivity index (χ1) is 12.5. The van der Waals surface area contributed by atoms with Gasteiger partial charge in [0, 0.05) is 13.7 Å². The van der Waals surface area contributed by atoms with Crippen molar-refractivity contribution in [3.05, 3.63) is 53.5 Å². The summed E-state index contributed by atoms with van der Waals surface area (Å²) in [5, 5.41) is 11.2. The van der Waals surface area contributed by atoms with Crippen LogP contribution in [0.15, 0.2) is 40.8 Å². The molecule has 0 unspecified atom stereocenters. The molecule has 0 saturated carbocycles. The zero-order valence-corrected chi connectivity index (χ0v) is 15.4. The average Bonchev–Trinajstić information content (AvgIpc) is 3.31. The Balaban J connectivity index is 1.82. The minimum atomic E-state index is -1.17. The largest absolute Gasteiger partial charge is 0.497 e. The van der Waals surface area contributed by atoms with Crippen LogP contribution in [0, 0.1) is 0 Å². The zero-order chi connectivity index (χ0) is 18.7. The number of hydrogen-bond donors (Lipinski definition) is 1. The SMILES string of the molecule is COCc1ccc(C(=O)N2CCC[C@H]2[C@](C)(O)c2ccc(OC)cc2)o1. The van der Waals surface area contributed by atoms with Gasteiger partial charge in [0.2, 0.25) is 0 Å². The highest BCUT2D eigenvalue weighted by molar-refractivity contribution is 5.92. The van der Waals surface area contributed by atoms with Gasteiger partial charge in [-0.25, -0.2) is 0 Å². The van der Waals surface area contributed by atoms with E-state index in [1.165, 1.54) is 0 Å². The number of likely N-dealkylation sites (tertiary alicyclic amines) is 1. The molecule has 0 radical (unpaired) electrons. The molecule has 1 aliphatic heterocycles. The van der Waals surface area contributed by atoms with Gasteiger partial charge in [-0.15, -0.1) is 0 Å². The summed E-state index contributed by atoms with van der Waals surface area (Å²) in [6, 6.07) is 10.4. The Bertz CT molecular complexity index is 750. The van der Waals surface area contributed by atoms with Gasteiger partial charge in [0.05, 0.1) is 13.2 Å². The van der Waals surface area contributed by atoms with Gasteiger partial charge < -0.3 is 23.9 Å². The molecule has 0 aliphatic carbocycles. The maximum atomic E-state index is 12.9. The molecule has 2 heterocycles. The second-order valence-electron chi connectivity index (χ2n) is 6.73. The third-order valence-electron chi connectivity index (χ3n) is 5.00. The van der Waals surface area contributed by atoms with Crippen LogP contribution < -0.4 is 4.74 Å². The van der Waals surface area contributed by atoms with Gasteiger partial charge >= 0.3 is 0 Å². The summed E-state index contributed by atoms with van der Waals surface area (Å²) in [6.07, 6.45) is 1.57. The van der Waals surface area contributed by atoms with Gasteiger partial charge in [-0.1, -0.05) is 12.1 Å². The van der Waals surface area contributed by atoms with E-state index in [9.17, 15) is 9.90 Å². The summed E-state index contributed by atoms with van der Waals surface area (Å²) < 4.78 is 15.8. The molecule has 0 bridgehead atoms. The van der Waals surface area contributed by atoms with Gasteiger partial charge in [0.25, 0.3) is 5.91 Å². The van der Waals surface area contributed by atoms with Crippen molar-refractivity contribution < 1.29 is 23.8 Å². The maximum absolute atomic E-state index is 12.9. The lowest BCUT2D eigenvalue weighted by atomic mass is 9.86. The Morgan fingerprint density at radius 1 is 1.27 bits per heavy atom. The van der Waals surface area contributed by atoms with Crippen LogP contribution >= 0.6 is 0 Å². The number of hydrogen-bond acceptors (Lipinski definition) is 5. The Labute approximate surface area is 153 Å². The molecule has 1 saturated heterocycles. The van der Waals surface area contributed by atoms with Crippen molar-refractivity contribution >= 4 is 5.91 Å². The molecule has 1 aromatic heterocycles. The lowest BCUT2D eigenvalue weighted by molar-refractivity contribution is -0.0186. The van der Waals surface area contributed by atoms with Crippen LogP contribution in [0.3, 0.4) is 0 Å². The number of carbonyl (C=O) groups excluding carboxylic acids is 1. The van der Waals surface area contributed by atoms with Gasteiger partial charge in [-0.3, -0.25) is 4.79 Å². The van der Waals surface area contributed by atoms with E-state index in [1.54, 1.807) is 38.2 Å². The number of nitrogens with zero attached hydrogens (tertiary/aromatic N) is 1. The molecule has 1 N–H and O–H groups in total. The molecule has 6 nitrogen and oxygen atoms in total. The van der Waals surface area contributed by atoms with E-state index in [0.29, 0.717) is 18.9 Å². The van der Waals surface area contributed by atoms with Crippen LogP contribution in [0.4, 0.5) is 0 Å². The lowest BCUT2D eigenvalue weighted by Gasteiger charge is -2.36. The molecule has 140 valence electrons. The van der Waals surface area contributed by atoms with Crippen LogP contribution in [-0.4, -0.2) is 42.7 Å². The quantitative estimate of drug-likeness (QED) is 0.858. The van der Waals surface area contributed by atoms with Crippen molar-refractivity contribution in [3.63, 3.8) is 0 Å². The summed E-state index contributed by atoms with van der Waals surface area (Å²) in [7, 11) is 3.18. The average molecular weight is 359 g/mol. The number of rotatable bonds is 6. The van der Waals surface area contributed by atoms with E-state index >= 15 is 0 Å². The van der Waals surface area contributed by atoms with Crippen molar-refractivity contribution in [1.29, 1.82) is 0 Å². The number of furan rings is 1. The smallest absolute Gasteiger partial charge is 0.289 e. The van der Waals surface area contributed by atoms with Crippen LogP contribution in [0.2, 0.25) is 0 Å². The molecule has 26 heavy (non-hydrogen) atoms. The predicted octanol–water partition coefficient (Wildman–Crippen LogP) is 2.95. The molecule has 3 rings (SSSR count). The molecule has 1 amide bonds. The van der Waals surface area contributed by atoms with E-state index in [-0.39, 0.29) is 17.7 Å². The number of amides is 1. The molecule has 2 atom stereocenters. The summed E-state index contributed by atoms with van der Waals surface area (Å²) >= 11 is 0. The topological polar surface area (TPSA) is 72.1 Å². The maximum Gasteiger partial charge on any atom is 0.289 e. The van der Waals surface area contributed by atoms with E-state index in [1.807, 2.05) is 24.3 Å². The van der Waals surface area contributed by atoms with E-state index in [4.69, 9.17) is 13.9 Å². The number of carbonyl (C=O) groups is 1. The summed E-state index contributed by atoms with van der Waals surface area (Å²) in [5.41, 5.74) is -0.414. The number of ether oxygens (including phenoxy) is 2. The monoisotopic (exact) mass is 359 g/mol. The van der Waals surface area contributed by atoms with Crippen LogP contribution in [0.25, 0.3) is 0 Å². The normalized spacial score (nSPS) is 19.4. The molecular weight excluding hydrogens is 334 g/mol. The molecule has 1 fully saturated rings. The van der Waals surface area contributed by atoms with Gasteiger partial charge in [-0.05, 0) is 49.6 Å². The highest BCUT2D eigenvalue weighted by Gasteiger charge is 2.43. The first kappa shape index (κ1) is 18.5. The lowest BCUT2D eigenvalue weighted by Crippen LogP contribution is -2.48. The molecular formula is C20H25NO5. The first-order valence-electron chi connectivity index (χ1n) is 8.73. The van der Waals surface area contributed by atoms with E-state index in [2.05, 4.69) is 0 Å². The summed E-state index contributed by atoms with van der Waals surface area (Å²) in [5.74, 6) is 1.40. The molecule has 0 spiro atoms. The van der Waals surface area contributed by atoms with Crippen LogP contribution in [0.5, 0.6) is 5.75 Å². The summed E-state index contributed by atoms with van der Waals surface area (Å²) in [4.78, 5) is 14.6. The second kappa shape index (κ2) is 7.51. The van der Waals surface area contributed by atoms with Gasteiger partial charge in [0.15, 0.2) is 5.76 Å². The van der Waals surface area contributed by atoms with Gasteiger partial charge in [-0.2, -0.15) is 0 Å². The molecule has 1 aliphatic rings. The first-order valence-corrected chi connectivity index (χ1v) is 8.73. The van der Waals surface area contributed by atoms with Crippen molar-refractivity contribution in [1.82, 2.24) is 4.90 Å². The van der Waals surface area contributed by atoms with Crippen LogP contribution in [-0.2, 0) is 16.9 Å². The number of methoxy groups -OCH3 is 2. The number of aliphatic hydroxyl groups is 1. The Morgan fingerprint density at radius 3 is 2.65 bits per heavy atom. The highest BCUT2D eigenvalue weighted by atomic mass is 16.5. The molecule has 2 aromatic rings. The second-order valence-corrected chi connectivity index (χ2v) is 6.73. The van der Waals surface area contributed by atoms with Crippen molar-refractivity contribution in [2.75, 3.05) is 20.8 Å². The van der Waals surface area contributed by atoms with Crippen molar-refractivity contribution in [3.8, 4) is 5.75 Å². The van der Waals surface area contributed by atoms with Gasteiger partial charge in [0.1, 0.15) is 23.7 Å². The third kappa shape index (κ3) is 3.48. The fraction of sp³-hybridized carbons (Fsp3) is 0.450. The van der Waals surface area contributed by atoms with E-state index in [0.717, 1.165) is 24.2 Å². The Hall–Kier alpha value is -2.31. The standard InChI is InChI=1S/C20H25NO5/c1-20(23,14-6-8-15(25-3)9-7-14)18-5-4-12-21(18)19(22)17-11-10-16(26-17)13-24-2/h6-11,18,23H,4-5,12-13H2,1-3H3/t18-,20+/m0/s1. The van der Waals surface area contributed by atoms with Crippen LogP contribution in [0.1, 0.15) is 41.6 Å². The minimum absolute atomic E-state index is 0.205. The molecule has 6 heteroatoms. The van der Waals surface area contributed by atoms with Crippen molar-refractivity contribution in [2.24, 2.45) is 0 Å². The fourth-order valence-electron chi connectivity index (χ4n) is 3.57. The Kier molecular flexibility index (Phi) is 5.34. The Morgan fingerprint density at radius 2 is 2.00 bits per heavy atom. The highest BCUT2D eigenvalue weighted by Crippen LogP contribution is 2.36. The molecule has 1 aromatic carbocycles. The minimum Gasteiger partial charge on any atom is -0.497 e. The fourth-order valence-corrected chi connectivity index (χ4v) is 3.57. The summed E-state index contributed by atoms with van der Waals surface area (Å²) in [6.45, 7) is 2.67.